The van der Waals surface area contributed by atoms with Crippen molar-refractivity contribution in [1.29, 1.82) is 0 Å². The molecule has 0 spiro atoms. The van der Waals surface area contributed by atoms with Crippen LogP contribution in [-0.2, 0) is 14.3 Å². The molecule has 0 aromatic carbocycles. The second-order valence-corrected chi connectivity index (χ2v) is 9.00. The van der Waals surface area contributed by atoms with E-state index in [1.165, 1.54) is 18.1 Å². The highest BCUT2D eigenvalue weighted by Gasteiger charge is 2.52. The number of aliphatic hydroxyl groups is 1. The minimum Gasteiger partial charge on any atom is -0.458 e. The third-order valence-electron chi connectivity index (χ3n) is 5.87. The maximum absolute atomic E-state index is 11.5. The Hall–Kier alpha value is -1.13. The van der Waals surface area contributed by atoms with E-state index in [0.717, 1.165) is 32.1 Å². The summed E-state index contributed by atoms with van der Waals surface area (Å²) in [5.74, 6) is -0.0486. The molecule has 1 saturated heterocycles. The largest absolute Gasteiger partial charge is 0.458 e. The number of ether oxygens (including phenoxy) is 2. The molecular formula is C22H36O4. The quantitative estimate of drug-likeness (QED) is 0.438. The fourth-order valence-electron chi connectivity index (χ4n) is 3.95. The molecule has 0 amide bonds. The lowest BCUT2D eigenvalue weighted by atomic mass is 9.82. The summed E-state index contributed by atoms with van der Waals surface area (Å²) in [7, 11) is 0. The predicted octanol–water partition coefficient (Wildman–Crippen LogP) is 4.71. The van der Waals surface area contributed by atoms with Crippen LogP contribution >= 0.6 is 0 Å². The van der Waals surface area contributed by atoms with Gasteiger partial charge in [-0.15, -0.1) is 0 Å². The van der Waals surface area contributed by atoms with Gasteiger partial charge in [0.2, 0.25) is 0 Å². The van der Waals surface area contributed by atoms with Crippen molar-refractivity contribution in [2.75, 3.05) is 0 Å². The minimum atomic E-state index is -0.707. The molecule has 0 saturated carbocycles. The number of fused-ring (bicyclic) bond motifs is 1. The zero-order chi connectivity index (χ0) is 19.5. The number of hydrogen-bond acceptors (Lipinski definition) is 4. The van der Waals surface area contributed by atoms with Crippen LogP contribution in [0.15, 0.2) is 23.3 Å². The summed E-state index contributed by atoms with van der Waals surface area (Å²) in [4.78, 5) is 11.5. The van der Waals surface area contributed by atoms with E-state index in [1.807, 2.05) is 13.8 Å². The molecule has 2 rings (SSSR count). The lowest BCUT2D eigenvalue weighted by Crippen LogP contribution is -2.30. The van der Waals surface area contributed by atoms with Crippen LogP contribution in [-0.4, -0.2) is 34.5 Å². The van der Waals surface area contributed by atoms with Crippen LogP contribution in [0.5, 0.6) is 0 Å². The smallest absolute Gasteiger partial charge is 0.303 e. The topological polar surface area (TPSA) is 59.1 Å². The van der Waals surface area contributed by atoms with E-state index in [9.17, 15) is 9.90 Å². The Kier molecular flexibility index (Phi) is 6.73. The summed E-state index contributed by atoms with van der Waals surface area (Å²) in [5, 5.41) is 10.5. The fraction of sp³-hybridized carbons (Fsp3) is 0.773. The van der Waals surface area contributed by atoms with Gasteiger partial charge in [0.05, 0.1) is 17.3 Å². The first-order valence-electron chi connectivity index (χ1n) is 9.90. The summed E-state index contributed by atoms with van der Waals surface area (Å²) < 4.78 is 11.5. The Morgan fingerprint density at radius 3 is 2.54 bits per heavy atom. The number of rotatable bonds is 2. The van der Waals surface area contributed by atoms with Crippen LogP contribution in [0.25, 0.3) is 0 Å². The Morgan fingerprint density at radius 2 is 1.92 bits per heavy atom. The Balaban J connectivity index is 2.19. The highest BCUT2D eigenvalue weighted by Crippen LogP contribution is 2.44. The maximum atomic E-state index is 11.5. The number of hydrogen-bond donors (Lipinski definition) is 1. The van der Waals surface area contributed by atoms with Gasteiger partial charge in [-0.25, -0.2) is 0 Å². The van der Waals surface area contributed by atoms with Crippen molar-refractivity contribution in [2.24, 2.45) is 5.92 Å². The van der Waals surface area contributed by atoms with Gasteiger partial charge >= 0.3 is 5.97 Å². The van der Waals surface area contributed by atoms with Crippen LogP contribution in [0.1, 0.15) is 80.1 Å². The first-order valence-corrected chi connectivity index (χ1v) is 9.90. The summed E-state index contributed by atoms with van der Waals surface area (Å²) >= 11 is 0. The molecule has 2 aliphatic rings. The van der Waals surface area contributed by atoms with Crippen LogP contribution in [0.2, 0.25) is 0 Å². The lowest BCUT2D eigenvalue weighted by molar-refractivity contribution is -0.144. The van der Waals surface area contributed by atoms with E-state index in [2.05, 4.69) is 32.9 Å². The second-order valence-electron chi connectivity index (χ2n) is 9.00. The Labute approximate surface area is 158 Å². The molecule has 0 aromatic heterocycles. The number of allylic oxidation sites excluding steroid dienone is 3. The van der Waals surface area contributed by atoms with Crippen molar-refractivity contribution in [3.8, 4) is 0 Å². The summed E-state index contributed by atoms with van der Waals surface area (Å²) in [6.45, 7) is 11.6. The van der Waals surface area contributed by atoms with Crippen molar-refractivity contribution in [3.05, 3.63) is 23.3 Å². The maximum Gasteiger partial charge on any atom is 0.303 e. The number of carbonyl (C=O) groups excluding carboxylic acids is 1. The molecule has 4 heteroatoms. The van der Waals surface area contributed by atoms with Gasteiger partial charge < -0.3 is 14.6 Å². The highest BCUT2D eigenvalue weighted by molar-refractivity contribution is 5.66. The molecule has 0 bridgehead atoms. The van der Waals surface area contributed by atoms with Crippen molar-refractivity contribution in [2.45, 2.75) is 103 Å². The Morgan fingerprint density at radius 1 is 1.27 bits per heavy atom. The number of esters is 1. The molecule has 1 aliphatic heterocycles. The van der Waals surface area contributed by atoms with Crippen molar-refractivity contribution >= 4 is 5.97 Å². The van der Waals surface area contributed by atoms with Crippen LogP contribution in [0, 0.1) is 5.92 Å². The molecule has 4 nitrogen and oxygen atoms in total. The lowest BCUT2D eigenvalue weighted by Gasteiger charge is -2.29. The minimum absolute atomic E-state index is 0.198. The van der Waals surface area contributed by atoms with Crippen molar-refractivity contribution in [1.82, 2.24) is 0 Å². The highest BCUT2D eigenvalue weighted by atomic mass is 16.6. The molecule has 148 valence electrons. The standard InChI is InChI=1S/C22H36O4/c1-15-7-10-18(21(4,5)24)11-8-16(2)13-19(25-17(3)23)14-22(6)20(26-22)12-9-15/h7,13,18-20,24H,8-12,14H2,1-6H3/b15-7+,16-13+. The van der Waals surface area contributed by atoms with Gasteiger partial charge in [-0.2, -0.15) is 0 Å². The van der Waals surface area contributed by atoms with Gasteiger partial charge in [-0.3, -0.25) is 4.79 Å². The second kappa shape index (κ2) is 8.26. The normalized spacial score (nSPS) is 38.0. The monoisotopic (exact) mass is 364 g/mol. The fourth-order valence-corrected chi connectivity index (χ4v) is 3.95. The van der Waals surface area contributed by atoms with Gasteiger partial charge in [0.15, 0.2) is 0 Å². The van der Waals surface area contributed by atoms with E-state index in [0.29, 0.717) is 6.42 Å². The van der Waals surface area contributed by atoms with E-state index in [1.54, 1.807) is 0 Å². The van der Waals surface area contributed by atoms with E-state index in [4.69, 9.17) is 9.47 Å². The molecule has 4 unspecified atom stereocenters. The number of epoxide rings is 1. The van der Waals surface area contributed by atoms with Gasteiger partial charge in [-0.1, -0.05) is 17.2 Å². The SMILES string of the molecule is CC(=O)OC1/C=C(\C)CCC(C(C)(C)O)C/C=C(\C)CCC2OC2(C)C1. The number of carbonyl (C=O) groups is 1. The summed E-state index contributed by atoms with van der Waals surface area (Å²) in [6.07, 6.45) is 9.72. The zero-order valence-electron chi connectivity index (χ0n) is 17.3. The predicted molar refractivity (Wildman–Crippen MR) is 104 cm³/mol. The summed E-state index contributed by atoms with van der Waals surface area (Å²) in [6, 6.07) is 0. The average molecular weight is 365 g/mol. The average Bonchev–Trinajstić information content (AvgIpc) is 3.11. The summed E-state index contributed by atoms with van der Waals surface area (Å²) in [5.41, 5.74) is 1.65. The molecule has 26 heavy (non-hydrogen) atoms. The van der Waals surface area contributed by atoms with E-state index < -0.39 is 5.60 Å². The molecule has 1 fully saturated rings. The van der Waals surface area contributed by atoms with Crippen LogP contribution < -0.4 is 0 Å². The molecule has 1 N–H and O–H groups in total. The third kappa shape index (κ3) is 6.24. The first kappa shape index (κ1) is 21.2. The van der Waals surface area contributed by atoms with Gasteiger partial charge in [0, 0.05) is 13.3 Å². The zero-order valence-corrected chi connectivity index (χ0v) is 17.3. The van der Waals surface area contributed by atoms with E-state index in [-0.39, 0.29) is 29.7 Å². The third-order valence-corrected chi connectivity index (χ3v) is 5.87. The van der Waals surface area contributed by atoms with Gasteiger partial charge in [0.1, 0.15) is 6.10 Å². The molecule has 1 aliphatic carbocycles. The molecule has 0 aromatic rings. The van der Waals surface area contributed by atoms with Crippen LogP contribution in [0.3, 0.4) is 0 Å². The van der Waals surface area contributed by atoms with Gasteiger partial charge in [0.25, 0.3) is 0 Å². The molecule has 4 atom stereocenters. The molecular weight excluding hydrogens is 328 g/mol. The molecule has 1 heterocycles. The van der Waals surface area contributed by atoms with Crippen LogP contribution in [0.4, 0.5) is 0 Å². The Bertz CT molecular complexity index is 569. The van der Waals surface area contributed by atoms with Crippen molar-refractivity contribution < 1.29 is 19.4 Å². The molecule has 0 radical (unpaired) electrons. The first-order chi connectivity index (χ1) is 12.0. The van der Waals surface area contributed by atoms with Gasteiger partial charge in [-0.05, 0) is 78.7 Å². The van der Waals surface area contributed by atoms with E-state index >= 15 is 0 Å². The van der Waals surface area contributed by atoms with Crippen molar-refractivity contribution in [3.63, 3.8) is 0 Å².